The standard InChI is InChI=1S/C14H18N2O2/c1-2-8-15-11-14(18)16(9-10-17)12-13-6-4-3-5-7-13/h1,3-7,15,17H,8-12H2. The Labute approximate surface area is 108 Å². The van der Waals surface area contributed by atoms with Gasteiger partial charge in [-0.2, -0.15) is 0 Å². The Morgan fingerprint density at radius 2 is 2.11 bits per heavy atom. The van der Waals surface area contributed by atoms with Gasteiger partial charge < -0.3 is 10.0 Å². The third-order valence-electron chi connectivity index (χ3n) is 2.44. The van der Waals surface area contributed by atoms with E-state index in [-0.39, 0.29) is 19.1 Å². The van der Waals surface area contributed by atoms with E-state index in [2.05, 4.69) is 11.2 Å². The van der Waals surface area contributed by atoms with E-state index in [9.17, 15) is 4.79 Å². The second kappa shape index (κ2) is 8.29. The highest BCUT2D eigenvalue weighted by molar-refractivity contribution is 5.78. The molecule has 96 valence electrons. The van der Waals surface area contributed by atoms with Gasteiger partial charge in [-0.05, 0) is 5.56 Å². The lowest BCUT2D eigenvalue weighted by molar-refractivity contribution is -0.131. The minimum atomic E-state index is -0.0665. The molecule has 18 heavy (non-hydrogen) atoms. The molecule has 0 heterocycles. The summed E-state index contributed by atoms with van der Waals surface area (Å²) in [6.45, 7) is 1.33. The topological polar surface area (TPSA) is 52.6 Å². The molecule has 0 aliphatic heterocycles. The van der Waals surface area contributed by atoms with Crippen LogP contribution in [-0.2, 0) is 11.3 Å². The number of hydrogen-bond donors (Lipinski definition) is 2. The van der Waals surface area contributed by atoms with Crippen LogP contribution in [-0.4, -0.2) is 42.2 Å². The lowest BCUT2D eigenvalue weighted by atomic mass is 10.2. The average Bonchev–Trinajstić information content (AvgIpc) is 2.39. The van der Waals surface area contributed by atoms with Crippen LogP contribution < -0.4 is 5.32 Å². The minimum Gasteiger partial charge on any atom is -0.395 e. The van der Waals surface area contributed by atoms with Gasteiger partial charge in [0.1, 0.15) is 0 Å². The fourth-order valence-electron chi connectivity index (χ4n) is 1.57. The summed E-state index contributed by atoms with van der Waals surface area (Å²) in [5.74, 6) is 2.35. The second-order valence-electron chi connectivity index (χ2n) is 3.83. The smallest absolute Gasteiger partial charge is 0.236 e. The van der Waals surface area contributed by atoms with Gasteiger partial charge in [0, 0.05) is 13.1 Å². The highest BCUT2D eigenvalue weighted by atomic mass is 16.3. The van der Waals surface area contributed by atoms with E-state index in [4.69, 9.17) is 11.5 Å². The molecule has 4 heteroatoms. The number of benzene rings is 1. The van der Waals surface area contributed by atoms with Crippen molar-refractivity contribution >= 4 is 5.91 Å². The molecule has 4 nitrogen and oxygen atoms in total. The van der Waals surface area contributed by atoms with Crippen LogP contribution >= 0.6 is 0 Å². The predicted molar refractivity (Wildman–Crippen MR) is 70.6 cm³/mol. The van der Waals surface area contributed by atoms with E-state index in [0.29, 0.717) is 19.6 Å². The Balaban J connectivity index is 2.54. The Morgan fingerprint density at radius 1 is 1.39 bits per heavy atom. The number of nitrogens with zero attached hydrogens (tertiary/aromatic N) is 1. The van der Waals surface area contributed by atoms with Gasteiger partial charge in [-0.3, -0.25) is 10.1 Å². The van der Waals surface area contributed by atoms with Gasteiger partial charge in [-0.1, -0.05) is 36.3 Å². The monoisotopic (exact) mass is 246 g/mol. The van der Waals surface area contributed by atoms with Crippen molar-refractivity contribution in [1.82, 2.24) is 10.2 Å². The van der Waals surface area contributed by atoms with Crippen LogP contribution in [0.1, 0.15) is 5.56 Å². The van der Waals surface area contributed by atoms with E-state index < -0.39 is 0 Å². The summed E-state index contributed by atoms with van der Waals surface area (Å²) in [5, 5.41) is 11.8. The maximum absolute atomic E-state index is 11.9. The number of carbonyl (C=O) groups is 1. The summed E-state index contributed by atoms with van der Waals surface area (Å²) < 4.78 is 0. The first kappa shape index (κ1) is 14.2. The zero-order chi connectivity index (χ0) is 13.2. The SMILES string of the molecule is C#CCNCC(=O)N(CCO)Cc1ccccc1. The van der Waals surface area contributed by atoms with Gasteiger partial charge in [0.15, 0.2) is 0 Å². The number of aliphatic hydroxyl groups is 1. The predicted octanol–water partition coefficient (Wildman–Crippen LogP) is 0.230. The highest BCUT2D eigenvalue weighted by Gasteiger charge is 2.12. The fourth-order valence-corrected chi connectivity index (χ4v) is 1.57. The van der Waals surface area contributed by atoms with Gasteiger partial charge in [0.2, 0.25) is 5.91 Å². The van der Waals surface area contributed by atoms with Crippen molar-refractivity contribution in [3.05, 3.63) is 35.9 Å². The van der Waals surface area contributed by atoms with Crippen LogP contribution in [0.4, 0.5) is 0 Å². The molecule has 0 aliphatic rings. The van der Waals surface area contributed by atoms with E-state index in [1.54, 1.807) is 4.90 Å². The minimum absolute atomic E-state index is 0.0479. The van der Waals surface area contributed by atoms with Crippen LogP contribution in [0.2, 0.25) is 0 Å². The molecule has 0 aromatic heterocycles. The van der Waals surface area contributed by atoms with Gasteiger partial charge in [-0.15, -0.1) is 6.42 Å². The van der Waals surface area contributed by atoms with Crippen molar-refractivity contribution in [3.8, 4) is 12.3 Å². The molecule has 0 saturated carbocycles. The molecule has 0 bridgehead atoms. The van der Waals surface area contributed by atoms with Crippen LogP contribution in [0.25, 0.3) is 0 Å². The van der Waals surface area contributed by atoms with Crippen LogP contribution in [0.5, 0.6) is 0 Å². The maximum Gasteiger partial charge on any atom is 0.236 e. The molecule has 1 aromatic carbocycles. The first-order chi connectivity index (χ1) is 8.77. The van der Waals surface area contributed by atoms with Crippen molar-refractivity contribution in [2.24, 2.45) is 0 Å². The molecule has 0 unspecified atom stereocenters. The second-order valence-corrected chi connectivity index (χ2v) is 3.83. The molecule has 0 radical (unpaired) electrons. The molecule has 2 N–H and O–H groups in total. The third kappa shape index (κ3) is 5.00. The molecule has 1 aromatic rings. The Hall–Kier alpha value is -1.83. The zero-order valence-corrected chi connectivity index (χ0v) is 10.3. The van der Waals surface area contributed by atoms with Crippen LogP contribution in [0.15, 0.2) is 30.3 Å². The van der Waals surface area contributed by atoms with Crippen LogP contribution in [0.3, 0.4) is 0 Å². The van der Waals surface area contributed by atoms with Gasteiger partial charge in [0.05, 0.1) is 19.7 Å². The molecule has 0 saturated heterocycles. The molecule has 0 spiro atoms. The molecule has 1 rings (SSSR count). The maximum atomic E-state index is 11.9. The van der Waals surface area contributed by atoms with Crippen molar-refractivity contribution < 1.29 is 9.90 Å². The van der Waals surface area contributed by atoms with Crippen molar-refractivity contribution in [2.45, 2.75) is 6.54 Å². The molecule has 1 amide bonds. The number of terminal acetylenes is 1. The summed E-state index contributed by atoms with van der Waals surface area (Å²) in [6.07, 6.45) is 5.10. The lowest BCUT2D eigenvalue weighted by Gasteiger charge is -2.22. The van der Waals surface area contributed by atoms with Crippen molar-refractivity contribution in [1.29, 1.82) is 0 Å². The molecule has 0 fully saturated rings. The number of nitrogens with one attached hydrogen (secondary N) is 1. The summed E-state index contributed by atoms with van der Waals surface area (Å²) in [7, 11) is 0. The first-order valence-corrected chi connectivity index (χ1v) is 5.84. The Morgan fingerprint density at radius 3 is 2.72 bits per heavy atom. The number of rotatable bonds is 7. The zero-order valence-electron chi connectivity index (χ0n) is 10.3. The quantitative estimate of drug-likeness (QED) is 0.535. The van der Waals surface area contributed by atoms with Gasteiger partial charge >= 0.3 is 0 Å². The molecular formula is C14H18N2O2. The number of aliphatic hydroxyl groups excluding tert-OH is 1. The number of carbonyl (C=O) groups excluding carboxylic acids is 1. The fraction of sp³-hybridized carbons (Fsp3) is 0.357. The van der Waals surface area contributed by atoms with Gasteiger partial charge in [-0.25, -0.2) is 0 Å². The van der Waals surface area contributed by atoms with E-state index in [1.165, 1.54) is 0 Å². The summed E-state index contributed by atoms with van der Waals surface area (Å²) >= 11 is 0. The molecule has 0 atom stereocenters. The molecular weight excluding hydrogens is 228 g/mol. The number of amides is 1. The summed E-state index contributed by atoms with van der Waals surface area (Å²) in [5.41, 5.74) is 1.04. The van der Waals surface area contributed by atoms with Gasteiger partial charge in [0.25, 0.3) is 0 Å². The largest absolute Gasteiger partial charge is 0.395 e. The lowest BCUT2D eigenvalue weighted by Crippen LogP contribution is -2.39. The Kier molecular flexibility index (Phi) is 6.55. The summed E-state index contributed by atoms with van der Waals surface area (Å²) in [4.78, 5) is 13.5. The normalized spacial score (nSPS) is 9.78. The summed E-state index contributed by atoms with van der Waals surface area (Å²) in [6, 6.07) is 9.68. The average molecular weight is 246 g/mol. The highest BCUT2D eigenvalue weighted by Crippen LogP contribution is 2.04. The van der Waals surface area contributed by atoms with E-state index in [1.807, 2.05) is 30.3 Å². The van der Waals surface area contributed by atoms with E-state index >= 15 is 0 Å². The van der Waals surface area contributed by atoms with E-state index in [0.717, 1.165) is 5.56 Å². The first-order valence-electron chi connectivity index (χ1n) is 5.84. The van der Waals surface area contributed by atoms with Crippen molar-refractivity contribution in [3.63, 3.8) is 0 Å². The van der Waals surface area contributed by atoms with Crippen LogP contribution in [0, 0.1) is 12.3 Å². The molecule has 0 aliphatic carbocycles. The van der Waals surface area contributed by atoms with Crippen molar-refractivity contribution in [2.75, 3.05) is 26.2 Å². The number of hydrogen-bond acceptors (Lipinski definition) is 3. The Bertz CT molecular complexity index is 398. The third-order valence-corrected chi connectivity index (χ3v) is 2.44.